The molecule has 0 aliphatic rings. The van der Waals surface area contributed by atoms with Gasteiger partial charge < -0.3 is 15.5 Å². The summed E-state index contributed by atoms with van der Waals surface area (Å²) in [5, 5.41) is 9.44. The fourth-order valence-corrected chi connectivity index (χ4v) is 2.02. The van der Waals surface area contributed by atoms with E-state index in [1.807, 2.05) is 19.5 Å². The Balaban J connectivity index is 2.45. The molecular formula is C10H16N4S2. The largest absolute Gasteiger partial charge is 0.359 e. The van der Waals surface area contributed by atoms with Crippen molar-refractivity contribution in [2.75, 3.05) is 26.0 Å². The lowest BCUT2D eigenvalue weighted by Crippen LogP contribution is -2.28. The molecular weight excluding hydrogens is 240 g/mol. The standard InChI is InChI=1S/C10H16N4S2/c1-4-5-11-9(15)13-10-12-8(7-16-10)6-14(2)3/h4,7H,1,5-6H2,2-3H3,(H2,11,12,13,15). The normalized spacial score (nSPS) is 10.2. The van der Waals surface area contributed by atoms with E-state index in [1.54, 1.807) is 17.4 Å². The molecule has 1 aromatic heterocycles. The van der Waals surface area contributed by atoms with E-state index in [0.29, 0.717) is 11.7 Å². The molecule has 6 heteroatoms. The summed E-state index contributed by atoms with van der Waals surface area (Å²) in [4.78, 5) is 6.49. The molecule has 4 nitrogen and oxygen atoms in total. The topological polar surface area (TPSA) is 40.2 Å². The fourth-order valence-electron chi connectivity index (χ4n) is 1.07. The van der Waals surface area contributed by atoms with Gasteiger partial charge in [0.1, 0.15) is 0 Å². The number of hydrogen-bond donors (Lipinski definition) is 2. The Labute approximate surface area is 105 Å². The third-order valence-corrected chi connectivity index (χ3v) is 2.71. The second-order valence-electron chi connectivity index (χ2n) is 3.51. The van der Waals surface area contributed by atoms with E-state index in [9.17, 15) is 0 Å². The molecule has 2 N–H and O–H groups in total. The van der Waals surface area contributed by atoms with Crippen molar-refractivity contribution in [3.63, 3.8) is 0 Å². The van der Waals surface area contributed by atoms with E-state index < -0.39 is 0 Å². The minimum absolute atomic E-state index is 0.575. The van der Waals surface area contributed by atoms with Crippen molar-refractivity contribution in [2.24, 2.45) is 0 Å². The van der Waals surface area contributed by atoms with Crippen LogP contribution in [0.5, 0.6) is 0 Å². The minimum Gasteiger partial charge on any atom is -0.359 e. The van der Waals surface area contributed by atoms with E-state index in [2.05, 4.69) is 27.1 Å². The first-order valence-corrected chi connectivity index (χ1v) is 6.15. The molecule has 1 aromatic rings. The smallest absolute Gasteiger partial charge is 0.189 e. The predicted molar refractivity (Wildman–Crippen MR) is 73.9 cm³/mol. The molecule has 0 saturated carbocycles. The Morgan fingerprint density at radius 3 is 3.06 bits per heavy atom. The molecule has 0 radical (unpaired) electrons. The molecule has 0 aromatic carbocycles. The number of thiazole rings is 1. The van der Waals surface area contributed by atoms with E-state index >= 15 is 0 Å². The SMILES string of the molecule is C=CCNC(=S)Nc1nc(CN(C)C)cs1. The second-order valence-corrected chi connectivity index (χ2v) is 4.77. The third-order valence-electron chi connectivity index (χ3n) is 1.66. The van der Waals surface area contributed by atoms with Gasteiger partial charge in [0.2, 0.25) is 0 Å². The zero-order chi connectivity index (χ0) is 12.0. The monoisotopic (exact) mass is 256 g/mol. The van der Waals surface area contributed by atoms with Gasteiger partial charge in [0.25, 0.3) is 0 Å². The zero-order valence-corrected chi connectivity index (χ0v) is 11.1. The highest BCUT2D eigenvalue weighted by atomic mass is 32.1. The highest BCUT2D eigenvalue weighted by Crippen LogP contribution is 2.15. The van der Waals surface area contributed by atoms with Crippen molar-refractivity contribution in [3.8, 4) is 0 Å². The second kappa shape index (κ2) is 6.57. The zero-order valence-electron chi connectivity index (χ0n) is 9.49. The van der Waals surface area contributed by atoms with Crippen LogP contribution in [0, 0.1) is 0 Å². The van der Waals surface area contributed by atoms with E-state index in [0.717, 1.165) is 17.4 Å². The molecule has 1 heterocycles. The van der Waals surface area contributed by atoms with Crippen LogP contribution < -0.4 is 10.6 Å². The number of hydrogen-bond acceptors (Lipinski definition) is 4. The number of anilines is 1. The average Bonchev–Trinajstić information content (AvgIpc) is 2.61. The highest BCUT2D eigenvalue weighted by molar-refractivity contribution is 7.80. The average molecular weight is 256 g/mol. The van der Waals surface area contributed by atoms with Gasteiger partial charge in [-0.3, -0.25) is 0 Å². The first-order valence-electron chi connectivity index (χ1n) is 4.86. The van der Waals surface area contributed by atoms with Gasteiger partial charge in [0.15, 0.2) is 10.2 Å². The first-order chi connectivity index (χ1) is 7.61. The molecule has 0 unspecified atom stereocenters. The van der Waals surface area contributed by atoms with Gasteiger partial charge in [-0.1, -0.05) is 6.08 Å². The summed E-state index contributed by atoms with van der Waals surface area (Å²) in [6.07, 6.45) is 1.76. The summed E-state index contributed by atoms with van der Waals surface area (Å²) in [7, 11) is 4.03. The summed E-state index contributed by atoms with van der Waals surface area (Å²) in [5.74, 6) is 0. The van der Waals surface area contributed by atoms with Crippen LogP contribution >= 0.6 is 23.6 Å². The van der Waals surface area contributed by atoms with E-state index in [1.165, 1.54) is 0 Å². The van der Waals surface area contributed by atoms with E-state index in [4.69, 9.17) is 12.2 Å². The summed E-state index contributed by atoms with van der Waals surface area (Å²) in [6.45, 7) is 5.10. The van der Waals surface area contributed by atoms with Crippen molar-refractivity contribution in [3.05, 3.63) is 23.7 Å². The molecule has 0 aliphatic heterocycles. The van der Waals surface area contributed by atoms with Gasteiger partial charge in [-0.15, -0.1) is 17.9 Å². The van der Waals surface area contributed by atoms with Crippen LogP contribution in [-0.2, 0) is 6.54 Å². The molecule has 0 fully saturated rings. The molecule has 0 spiro atoms. The molecule has 16 heavy (non-hydrogen) atoms. The van der Waals surface area contributed by atoms with E-state index in [-0.39, 0.29) is 0 Å². The van der Waals surface area contributed by atoms with Crippen LogP contribution in [0.3, 0.4) is 0 Å². The number of nitrogens with one attached hydrogen (secondary N) is 2. The van der Waals surface area contributed by atoms with Crippen LogP contribution in [0.25, 0.3) is 0 Å². The van der Waals surface area contributed by atoms with Gasteiger partial charge >= 0.3 is 0 Å². The molecule has 0 bridgehead atoms. The Hall–Kier alpha value is -0.980. The maximum atomic E-state index is 5.08. The van der Waals surface area contributed by atoms with Crippen molar-refractivity contribution >= 4 is 33.8 Å². The molecule has 0 atom stereocenters. The van der Waals surface area contributed by atoms with Crippen molar-refractivity contribution in [1.82, 2.24) is 15.2 Å². The van der Waals surface area contributed by atoms with Crippen LogP contribution in [0.4, 0.5) is 5.13 Å². The molecule has 88 valence electrons. The number of aromatic nitrogens is 1. The molecule has 0 amide bonds. The summed E-state index contributed by atoms with van der Waals surface area (Å²) in [6, 6.07) is 0. The van der Waals surface area contributed by atoms with Crippen LogP contribution in [0.1, 0.15) is 5.69 Å². The fraction of sp³-hybridized carbons (Fsp3) is 0.400. The van der Waals surface area contributed by atoms with Gasteiger partial charge in [-0.2, -0.15) is 0 Å². The number of thiocarbonyl (C=S) groups is 1. The van der Waals surface area contributed by atoms with Crippen molar-refractivity contribution in [1.29, 1.82) is 0 Å². The Morgan fingerprint density at radius 2 is 2.44 bits per heavy atom. The van der Waals surface area contributed by atoms with Crippen LogP contribution in [0.2, 0.25) is 0 Å². The van der Waals surface area contributed by atoms with Crippen molar-refractivity contribution in [2.45, 2.75) is 6.54 Å². The lowest BCUT2D eigenvalue weighted by molar-refractivity contribution is 0.398. The lowest BCUT2D eigenvalue weighted by atomic mass is 10.5. The minimum atomic E-state index is 0.575. The maximum absolute atomic E-state index is 5.08. The van der Waals surface area contributed by atoms with Gasteiger partial charge in [-0.05, 0) is 26.3 Å². The highest BCUT2D eigenvalue weighted by Gasteiger charge is 2.03. The lowest BCUT2D eigenvalue weighted by Gasteiger charge is -2.06. The van der Waals surface area contributed by atoms with Crippen LogP contribution in [-0.4, -0.2) is 35.6 Å². The van der Waals surface area contributed by atoms with Gasteiger partial charge in [0.05, 0.1) is 5.69 Å². The Morgan fingerprint density at radius 1 is 1.69 bits per heavy atom. The Bertz CT molecular complexity index is 359. The molecule has 0 saturated heterocycles. The predicted octanol–water partition coefficient (Wildman–Crippen LogP) is 1.68. The quantitative estimate of drug-likeness (QED) is 0.619. The van der Waals surface area contributed by atoms with Crippen molar-refractivity contribution < 1.29 is 0 Å². The maximum Gasteiger partial charge on any atom is 0.189 e. The summed E-state index contributed by atoms with van der Waals surface area (Å²) in [5.41, 5.74) is 1.05. The number of nitrogens with zero attached hydrogens (tertiary/aromatic N) is 2. The molecule has 1 rings (SSSR count). The van der Waals surface area contributed by atoms with Gasteiger partial charge in [0, 0.05) is 18.5 Å². The Kier molecular flexibility index (Phi) is 5.37. The summed E-state index contributed by atoms with van der Waals surface area (Å²) < 4.78 is 0. The summed E-state index contributed by atoms with van der Waals surface area (Å²) >= 11 is 6.64. The van der Waals surface area contributed by atoms with Crippen LogP contribution in [0.15, 0.2) is 18.0 Å². The third kappa shape index (κ3) is 4.69. The first kappa shape index (κ1) is 13.1. The molecule has 0 aliphatic carbocycles. The number of rotatable bonds is 5. The van der Waals surface area contributed by atoms with Gasteiger partial charge in [-0.25, -0.2) is 4.98 Å².